The van der Waals surface area contributed by atoms with E-state index in [1.165, 1.54) is 19.0 Å². The quantitative estimate of drug-likeness (QED) is 0.493. The Bertz CT molecular complexity index is 850. The van der Waals surface area contributed by atoms with Gasteiger partial charge in [0.05, 0.1) is 12.0 Å². The summed E-state index contributed by atoms with van der Waals surface area (Å²) < 4.78 is 52.4. The average Bonchev–Trinajstić information content (AvgIpc) is 3.41. The highest BCUT2D eigenvalue weighted by Crippen LogP contribution is 2.34. The second kappa shape index (κ2) is 7.50. The largest absolute Gasteiger partial charge is 0.505 e. The Balaban J connectivity index is 1.96. The first-order valence-electron chi connectivity index (χ1n) is 8.46. The van der Waals surface area contributed by atoms with Gasteiger partial charge in [-0.15, -0.1) is 0 Å². The van der Waals surface area contributed by atoms with E-state index in [2.05, 4.69) is 15.3 Å². The first-order valence-corrected chi connectivity index (χ1v) is 8.46. The molecule has 1 fully saturated rings. The fourth-order valence-corrected chi connectivity index (χ4v) is 2.74. The highest BCUT2D eigenvalue weighted by atomic mass is 19.4. The minimum atomic E-state index is -4.54. The van der Waals surface area contributed by atoms with Gasteiger partial charge >= 0.3 is 6.18 Å². The lowest BCUT2D eigenvalue weighted by molar-refractivity contribution is -0.127. The zero-order chi connectivity index (χ0) is 19.6. The number of nitrogens with zero attached hydrogens (tertiary/aromatic N) is 2. The van der Waals surface area contributed by atoms with Gasteiger partial charge in [0.2, 0.25) is 0 Å². The van der Waals surface area contributed by atoms with Crippen LogP contribution in [0.5, 0.6) is 5.75 Å². The van der Waals surface area contributed by atoms with Crippen molar-refractivity contribution < 1.29 is 22.7 Å². The molecule has 1 aliphatic rings. The van der Waals surface area contributed by atoms with Crippen LogP contribution in [0.1, 0.15) is 30.4 Å². The van der Waals surface area contributed by atoms with Crippen molar-refractivity contribution in [3.8, 4) is 17.1 Å². The minimum absolute atomic E-state index is 0.104. The maximum atomic E-state index is 13.8. The lowest BCUT2D eigenvalue weighted by atomic mass is 10.0. The summed E-state index contributed by atoms with van der Waals surface area (Å²) in [7, 11) is 0. The summed E-state index contributed by atoms with van der Waals surface area (Å²) in [5.41, 5.74) is -0.0940. The van der Waals surface area contributed by atoms with Gasteiger partial charge in [0.25, 0.3) is 0 Å². The molecule has 0 amide bonds. The summed E-state index contributed by atoms with van der Waals surface area (Å²) in [6, 6.07) is 1.54. The van der Waals surface area contributed by atoms with E-state index in [4.69, 9.17) is 5.41 Å². The van der Waals surface area contributed by atoms with Crippen LogP contribution < -0.4 is 5.32 Å². The second-order valence-electron chi connectivity index (χ2n) is 6.55. The van der Waals surface area contributed by atoms with Crippen LogP contribution in [0.2, 0.25) is 0 Å². The lowest BCUT2D eigenvalue weighted by Crippen LogP contribution is -2.13. The first kappa shape index (κ1) is 19.1. The van der Waals surface area contributed by atoms with Crippen molar-refractivity contribution in [2.24, 2.45) is 5.92 Å². The first-order chi connectivity index (χ1) is 12.8. The van der Waals surface area contributed by atoms with Crippen LogP contribution in [-0.2, 0) is 6.42 Å². The number of hydrogen-bond donors (Lipinski definition) is 3. The number of alkyl halides is 3. The molecule has 9 heteroatoms. The smallest absolute Gasteiger partial charge is 0.393 e. The molecular weight excluding hydrogens is 364 g/mol. The molecule has 27 heavy (non-hydrogen) atoms. The topological polar surface area (TPSA) is 81.9 Å². The maximum Gasteiger partial charge on any atom is 0.393 e. The van der Waals surface area contributed by atoms with E-state index >= 15 is 0 Å². The highest BCUT2D eigenvalue weighted by molar-refractivity contribution is 5.84. The van der Waals surface area contributed by atoms with Crippen molar-refractivity contribution in [2.75, 3.05) is 11.9 Å². The number of hydrogen-bond acceptors (Lipinski definition) is 5. The molecule has 0 bridgehead atoms. The molecule has 1 heterocycles. The third kappa shape index (κ3) is 4.93. The predicted molar refractivity (Wildman–Crippen MR) is 92.6 cm³/mol. The molecule has 0 aliphatic heterocycles. The molecule has 0 atom stereocenters. The Hall–Kier alpha value is -2.71. The fraction of sp³-hybridized carbons (Fsp3) is 0.389. The Labute approximate surface area is 153 Å². The van der Waals surface area contributed by atoms with Crippen LogP contribution in [0, 0.1) is 17.1 Å². The molecule has 1 aromatic heterocycles. The molecule has 5 nitrogen and oxygen atoms in total. The van der Waals surface area contributed by atoms with Crippen molar-refractivity contribution in [2.45, 2.75) is 31.9 Å². The van der Waals surface area contributed by atoms with E-state index in [-0.39, 0.29) is 17.0 Å². The number of phenolic OH excluding ortho intramolecular Hbond substituents is 1. The monoisotopic (exact) mass is 382 g/mol. The number of halogens is 4. The van der Waals surface area contributed by atoms with Crippen molar-refractivity contribution in [3.05, 3.63) is 35.3 Å². The zero-order valence-corrected chi connectivity index (χ0v) is 14.3. The van der Waals surface area contributed by atoms with Crippen LogP contribution in [0.4, 0.5) is 23.4 Å². The molecule has 1 saturated carbocycles. The molecule has 144 valence electrons. The molecular formula is C18H18F4N4O. The van der Waals surface area contributed by atoms with Gasteiger partial charge in [-0.2, -0.15) is 13.2 Å². The summed E-state index contributed by atoms with van der Waals surface area (Å²) in [6.45, 7) is 0.612. The van der Waals surface area contributed by atoms with Crippen molar-refractivity contribution in [1.29, 1.82) is 5.41 Å². The van der Waals surface area contributed by atoms with Crippen molar-refractivity contribution >= 4 is 12.0 Å². The number of anilines is 1. The van der Waals surface area contributed by atoms with Gasteiger partial charge in [-0.3, -0.25) is 0 Å². The van der Waals surface area contributed by atoms with E-state index in [0.717, 1.165) is 24.8 Å². The van der Waals surface area contributed by atoms with Gasteiger partial charge in [-0.1, -0.05) is 12.8 Å². The van der Waals surface area contributed by atoms with Gasteiger partial charge in [-0.05, 0) is 30.0 Å². The molecule has 3 rings (SSSR count). The Morgan fingerprint density at radius 2 is 2.04 bits per heavy atom. The van der Waals surface area contributed by atoms with Crippen LogP contribution in [0.3, 0.4) is 0 Å². The highest BCUT2D eigenvalue weighted by Gasteiger charge is 2.30. The van der Waals surface area contributed by atoms with Crippen LogP contribution in [0.15, 0.2) is 18.3 Å². The van der Waals surface area contributed by atoms with E-state index in [0.29, 0.717) is 23.8 Å². The third-order valence-corrected chi connectivity index (χ3v) is 4.32. The van der Waals surface area contributed by atoms with Crippen LogP contribution in [-0.4, -0.2) is 34.0 Å². The molecule has 0 unspecified atom stereocenters. The zero-order valence-electron chi connectivity index (χ0n) is 14.3. The van der Waals surface area contributed by atoms with E-state index in [9.17, 15) is 22.7 Å². The number of phenols is 1. The number of benzene rings is 1. The van der Waals surface area contributed by atoms with Crippen molar-refractivity contribution in [3.63, 3.8) is 0 Å². The van der Waals surface area contributed by atoms with Crippen LogP contribution >= 0.6 is 0 Å². The summed E-state index contributed by atoms with van der Waals surface area (Å²) in [5.74, 6) is -1.04. The molecule has 1 aliphatic carbocycles. The summed E-state index contributed by atoms with van der Waals surface area (Å²) in [4.78, 5) is 8.18. The third-order valence-electron chi connectivity index (χ3n) is 4.32. The minimum Gasteiger partial charge on any atom is -0.505 e. The Kier molecular flexibility index (Phi) is 5.29. The Morgan fingerprint density at radius 1 is 1.30 bits per heavy atom. The number of rotatable bonds is 7. The fourth-order valence-electron chi connectivity index (χ4n) is 2.74. The average molecular weight is 382 g/mol. The standard InChI is InChI=1S/C18H18F4N4O/c19-14-6-13(11(5-15(14)27)7-18(20,21)22)17-25-9-12(8-23)16(26-17)24-4-3-10-1-2-10/h5-6,8-10,23,27H,1-4,7H2,(H,24,25,26). The van der Waals surface area contributed by atoms with E-state index < -0.39 is 24.2 Å². The van der Waals surface area contributed by atoms with E-state index in [1.54, 1.807) is 0 Å². The van der Waals surface area contributed by atoms with Gasteiger partial charge in [0, 0.05) is 24.5 Å². The SMILES string of the molecule is N=Cc1cnc(-c2cc(F)c(O)cc2CC(F)(F)F)nc1NCCC1CC1. The molecule has 1 aromatic carbocycles. The molecule has 3 N–H and O–H groups in total. The Morgan fingerprint density at radius 3 is 2.67 bits per heavy atom. The summed E-state index contributed by atoms with van der Waals surface area (Å²) in [6.07, 6.45) is -0.253. The lowest BCUT2D eigenvalue weighted by Gasteiger charge is -2.14. The van der Waals surface area contributed by atoms with Gasteiger partial charge in [0.1, 0.15) is 5.82 Å². The van der Waals surface area contributed by atoms with E-state index in [1.807, 2.05) is 0 Å². The molecule has 0 saturated heterocycles. The summed E-state index contributed by atoms with van der Waals surface area (Å²) >= 11 is 0. The number of nitrogens with one attached hydrogen (secondary N) is 2. The van der Waals surface area contributed by atoms with Gasteiger partial charge in [-0.25, -0.2) is 14.4 Å². The summed E-state index contributed by atoms with van der Waals surface area (Å²) in [5, 5.41) is 20.0. The normalized spacial score (nSPS) is 14.2. The molecule has 0 spiro atoms. The number of aromatic hydroxyl groups is 1. The molecule has 2 aromatic rings. The van der Waals surface area contributed by atoms with Gasteiger partial charge < -0.3 is 15.8 Å². The predicted octanol–water partition coefficient (Wildman–Crippen LogP) is 4.30. The maximum absolute atomic E-state index is 13.8. The van der Waals surface area contributed by atoms with Crippen LogP contribution in [0.25, 0.3) is 11.4 Å². The van der Waals surface area contributed by atoms with Crippen molar-refractivity contribution in [1.82, 2.24) is 9.97 Å². The van der Waals surface area contributed by atoms with Gasteiger partial charge in [0.15, 0.2) is 17.4 Å². The second-order valence-corrected chi connectivity index (χ2v) is 6.55. The molecule has 0 radical (unpaired) electrons. The number of aromatic nitrogens is 2.